The topological polar surface area (TPSA) is 41.4 Å². The summed E-state index contributed by atoms with van der Waals surface area (Å²) in [6, 6.07) is 66.1. The van der Waals surface area contributed by atoms with E-state index in [1.54, 1.807) is 0 Å². The van der Waals surface area contributed by atoms with E-state index in [2.05, 4.69) is 197 Å². The molecular weight excluding hydrogens is 733 g/mol. The Balaban J connectivity index is 1.04. The second-order valence-corrected chi connectivity index (χ2v) is 16.9. The summed E-state index contributed by atoms with van der Waals surface area (Å²) in [6.07, 6.45) is -0.277. The van der Waals surface area contributed by atoms with Crippen molar-refractivity contribution in [2.75, 3.05) is 0 Å². The zero-order chi connectivity index (χ0) is 37.5. The smallest absolute Gasteiger partial charge is 0.131 e. The first-order chi connectivity index (χ1) is 28.2. The second-order valence-electron chi connectivity index (χ2n) is 14.8. The van der Waals surface area contributed by atoms with Crippen molar-refractivity contribution in [3.63, 3.8) is 0 Å². The first-order valence-electron chi connectivity index (χ1n) is 19.4. The third-order valence-corrected chi connectivity index (χ3v) is 13.8. The molecule has 0 radical (unpaired) electrons. The Labute approximate surface area is 337 Å². The van der Waals surface area contributed by atoms with E-state index in [9.17, 15) is 0 Å². The van der Waals surface area contributed by atoms with Crippen LogP contribution in [0.15, 0.2) is 187 Å². The van der Waals surface area contributed by atoms with Crippen LogP contribution in [0, 0.1) is 0 Å². The van der Waals surface area contributed by atoms with E-state index in [-0.39, 0.29) is 12.3 Å². The average molecular weight is 767 g/mol. The fraction of sp³-hybridized carbons (Fsp3) is 0.0392. The molecule has 2 atom stereocenters. The highest BCUT2D eigenvalue weighted by atomic mass is 32.1. The van der Waals surface area contributed by atoms with Gasteiger partial charge < -0.3 is 9.88 Å². The highest BCUT2D eigenvalue weighted by Gasteiger charge is 2.26. The molecule has 2 unspecified atom stereocenters. The molecule has 270 valence electrons. The lowest BCUT2D eigenvalue weighted by Crippen LogP contribution is -2.44. The first-order valence-corrected chi connectivity index (χ1v) is 21.0. The van der Waals surface area contributed by atoms with E-state index in [1.165, 1.54) is 84.5 Å². The minimum Gasteiger partial charge on any atom is -0.350 e. The molecule has 0 bridgehead atoms. The molecule has 0 spiro atoms. The number of rotatable bonds is 5. The minimum atomic E-state index is -0.185. The van der Waals surface area contributed by atoms with Crippen LogP contribution in [0.2, 0.25) is 0 Å². The summed E-state index contributed by atoms with van der Waals surface area (Å²) in [6.45, 7) is 0. The zero-order valence-electron chi connectivity index (χ0n) is 30.7. The maximum atomic E-state index is 5.28. The lowest BCUT2D eigenvalue weighted by atomic mass is 9.95. The van der Waals surface area contributed by atoms with Gasteiger partial charge in [0.1, 0.15) is 18.2 Å². The van der Waals surface area contributed by atoms with Gasteiger partial charge in [-0.15, -0.1) is 22.7 Å². The van der Waals surface area contributed by atoms with Crippen molar-refractivity contribution in [2.24, 2.45) is 4.99 Å². The number of aliphatic imine (C=N–C) groups is 1. The summed E-state index contributed by atoms with van der Waals surface area (Å²) in [5.41, 5.74) is 9.54. The predicted octanol–water partition coefficient (Wildman–Crippen LogP) is 13.5. The van der Waals surface area contributed by atoms with Gasteiger partial charge in [0, 0.05) is 62.4 Å². The van der Waals surface area contributed by atoms with Crippen LogP contribution >= 0.6 is 22.7 Å². The molecule has 0 saturated carbocycles. The normalized spacial score (nSPS) is 15.9. The Morgan fingerprint density at radius 2 is 1.02 bits per heavy atom. The maximum absolute atomic E-state index is 5.28. The van der Waals surface area contributed by atoms with E-state index in [0.717, 1.165) is 17.0 Å². The molecule has 0 amide bonds. The van der Waals surface area contributed by atoms with E-state index in [4.69, 9.17) is 4.99 Å². The Bertz CT molecular complexity index is 3320. The molecule has 0 fully saturated rings. The zero-order valence-corrected chi connectivity index (χ0v) is 32.3. The lowest BCUT2D eigenvalue weighted by molar-refractivity contribution is 0.409. The fourth-order valence-corrected chi connectivity index (χ4v) is 11.1. The molecule has 1 aliphatic heterocycles. The number of nitrogens with zero attached hydrogens (tertiary/aromatic N) is 2. The Morgan fingerprint density at radius 1 is 0.456 bits per heavy atom. The number of thiophene rings is 2. The van der Waals surface area contributed by atoms with Crippen LogP contribution in [-0.2, 0) is 0 Å². The molecule has 1 aliphatic rings. The maximum Gasteiger partial charge on any atom is 0.131 e. The predicted molar refractivity (Wildman–Crippen MR) is 243 cm³/mol. The van der Waals surface area contributed by atoms with Gasteiger partial charge in [0.15, 0.2) is 0 Å². The van der Waals surface area contributed by atoms with Crippen LogP contribution < -0.4 is 10.6 Å². The number of aromatic nitrogens is 1. The summed E-state index contributed by atoms with van der Waals surface area (Å²) in [7, 11) is 0. The number of hydrogen-bond acceptors (Lipinski definition) is 5. The highest BCUT2D eigenvalue weighted by Crippen LogP contribution is 2.46. The van der Waals surface area contributed by atoms with Crippen molar-refractivity contribution < 1.29 is 0 Å². The van der Waals surface area contributed by atoms with Crippen molar-refractivity contribution in [3.05, 3.63) is 199 Å². The van der Waals surface area contributed by atoms with Crippen LogP contribution in [0.1, 0.15) is 29.0 Å². The van der Waals surface area contributed by atoms with Crippen molar-refractivity contribution in [1.29, 1.82) is 0 Å². The molecule has 12 rings (SSSR count). The molecule has 3 aromatic heterocycles. The highest BCUT2D eigenvalue weighted by molar-refractivity contribution is 7.26. The van der Waals surface area contributed by atoms with Crippen molar-refractivity contribution in [1.82, 2.24) is 15.2 Å². The van der Waals surface area contributed by atoms with Gasteiger partial charge in [0.2, 0.25) is 0 Å². The van der Waals surface area contributed by atoms with Crippen LogP contribution in [0.5, 0.6) is 0 Å². The Kier molecular flexibility index (Phi) is 7.45. The number of fused-ring (bicyclic) bond motifs is 9. The van der Waals surface area contributed by atoms with Crippen molar-refractivity contribution in [3.8, 4) is 16.8 Å². The van der Waals surface area contributed by atoms with Gasteiger partial charge in [-0.05, 0) is 82.9 Å². The van der Waals surface area contributed by atoms with Crippen LogP contribution in [-0.4, -0.2) is 10.4 Å². The van der Waals surface area contributed by atoms with E-state index >= 15 is 0 Å². The van der Waals surface area contributed by atoms with E-state index in [0.29, 0.717) is 0 Å². The van der Waals surface area contributed by atoms with Gasteiger partial charge in [0.25, 0.3) is 0 Å². The quantitative estimate of drug-likeness (QED) is 0.183. The van der Waals surface area contributed by atoms with Gasteiger partial charge in [-0.1, -0.05) is 121 Å². The van der Waals surface area contributed by atoms with E-state index < -0.39 is 0 Å². The summed E-state index contributed by atoms with van der Waals surface area (Å²) in [4.78, 5) is 5.28. The van der Waals surface area contributed by atoms with Crippen LogP contribution in [0.3, 0.4) is 0 Å². The standard InChI is InChI=1S/C51H34N4S2/c1-3-13-31(14-4-1)49-52-50(32-15-5-2-6-16-32)54-51(53-49)33-25-27-43-39(29-33)47-37(19-11-23-45(47)56-43)38-20-12-24-46-48(38)40-30-34(26-28-44(40)57-46)55-41-21-9-7-17-35(41)36-18-8-10-22-42(36)55/h1-30,49-50,52H,(H,53,54). The number of para-hydroxylation sites is 2. The summed E-state index contributed by atoms with van der Waals surface area (Å²) < 4.78 is 7.57. The molecular formula is C51H34N4S2. The summed E-state index contributed by atoms with van der Waals surface area (Å²) >= 11 is 3.74. The monoisotopic (exact) mass is 766 g/mol. The molecule has 11 aromatic rings. The molecule has 57 heavy (non-hydrogen) atoms. The number of amidine groups is 1. The molecule has 4 heterocycles. The van der Waals surface area contributed by atoms with Gasteiger partial charge in [-0.2, -0.15) is 0 Å². The van der Waals surface area contributed by atoms with Crippen molar-refractivity contribution in [2.45, 2.75) is 12.3 Å². The summed E-state index contributed by atoms with van der Waals surface area (Å²) in [5, 5.41) is 15.2. The fourth-order valence-electron chi connectivity index (χ4n) is 8.91. The van der Waals surface area contributed by atoms with E-state index in [1.807, 2.05) is 22.7 Å². The van der Waals surface area contributed by atoms with Gasteiger partial charge in [0.05, 0.1) is 11.0 Å². The van der Waals surface area contributed by atoms with Crippen LogP contribution in [0.25, 0.3) is 79.0 Å². The Morgan fingerprint density at radius 3 is 1.67 bits per heavy atom. The second kappa shape index (κ2) is 13.0. The third kappa shape index (κ3) is 5.26. The number of nitrogens with one attached hydrogen (secondary N) is 2. The van der Waals surface area contributed by atoms with Crippen molar-refractivity contribution >= 4 is 90.7 Å². The first kappa shape index (κ1) is 32.7. The Hall–Kier alpha value is -6.57. The minimum absolute atomic E-state index is 0.0914. The molecule has 2 N–H and O–H groups in total. The van der Waals surface area contributed by atoms with Gasteiger partial charge in [-0.3, -0.25) is 5.32 Å². The molecule has 0 aliphatic carbocycles. The van der Waals surface area contributed by atoms with Gasteiger partial charge >= 0.3 is 0 Å². The lowest BCUT2D eigenvalue weighted by Gasteiger charge is -2.32. The number of benzene rings is 8. The largest absolute Gasteiger partial charge is 0.350 e. The SMILES string of the molecule is c1ccc(C2N=C(c3ccc4sc5cccc(-c6cccc7sc8ccc(-n9c%10ccccc%10c%10ccccc%109)cc8c67)c5c4c3)NC(c3ccccc3)N2)cc1. The summed E-state index contributed by atoms with van der Waals surface area (Å²) in [5.74, 6) is 0.888. The molecule has 8 aromatic carbocycles. The molecule has 6 heteroatoms. The molecule has 4 nitrogen and oxygen atoms in total. The van der Waals surface area contributed by atoms with Crippen LogP contribution in [0.4, 0.5) is 0 Å². The third-order valence-electron chi connectivity index (χ3n) is 11.5. The number of hydrogen-bond donors (Lipinski definition) is 2. The average Bonchev–Trinajstić information content (AvgIpc) is 3.96. The van der Waals surface area contributed by atoms with Gasteiger partial charge in [-0.25, -0.2) is 4.99 Å². The molecule has 0 saturated heterocycles.